The summed E-state index contributed by atoms with van der Waals surface area (Å²) < 4.78 is 5.53. The quantitative estimate of drug-likeness (QED) is 0.715. The van der Waals surface area contributed by atoms with Crippen LogP contribution in [0.5, 0.6) is 0 Å². The fourth-order valence-corrected chi connectivity index (χ4v) is 1.88. The Balaban J connectivity index is 2.36. The van der Waals surface area contributed by atoms with Crippen LogP contribution in [0.1, 0.15) is 19.8 Å². The lowest BCUT2D eigenvalue weighted by Crippen LogP contribution is -2.41. The van der Waals surface area contributed by atoms with E-state index in [-0.39, 0.29) is 12.0 Å². The molecular weight excluding hydrogens is 218 g/mol. The largest absolute Gasteiger partial charge is 0.377 e. The van der Waals surface area contributed by atoms with Crippen molar-refractivity contribution in [2.24, 2.45) is 0 Å². The Bertz CT molecular complexity index is 288. The van der Waals surface area contributed by atoms with Gasteiger partial charge in [-0.25, -0.2) is 0 Å². The van der Waals surface area contributed by atoms with E-state index in [1.165, 1.54) is 0 Å². The molecule has 5 heteroatoms. The van der Waals surface area contributed by atoms with Crippen LogP contribution in [0.3, 0.4) is 0 Å². The van der Waals surface area contributed by atoms with E-state index in [4.69, 9.17) is 10.00 Å². The van der Waals surface area contributed by atoms with Gasteiger partial charge in [0.25, 0.3) is 0 Å². The highest BCUT2D eigenvalue weighted by Gasteiger charge is 2.18. The van der Waals surface area contributed by atoms with Gasteiger partial charge in [-0.1, -0.05) is 0 Å². The molecule has 1 rings (SSSR count). The van der Waals surface area contributed by atoms with E-state index in [9.17, 15) is 4.79 Å². The standard InChI is InChI=1S/C12H21N3O2/c1-11-9-15(7-4-8-17-11)10-12(16)14(2)6-3-5-13/h11H,3-4,6-10H2,1-2H3. The van der Waals surface area contributed by atoms with Crippen molar-refractivity contribution in [3.05, 3.63) is 0 Å². The van der Waals surface area contributed by atoms with Gasteiger partial charge in [-0.3, -0.25) is 9.69 Å². The van der Waals surface area contributed by atoms with Gasteiger partial charge in [0, 0.05) is 33.3 Å². The molecule has 1 fully saturated rings. The van der Waals surface area contributed by atoms with Crippen LogP contribution in [0.4, 0.5) is 0 Å². The summed E-state index contributed by atoms with van der Waals surface area (Å²) in [6.07, 6.45) is 1.55. The molecule has 5 nitrogen and oxygen atoms in total. The second-order valence-corrected chi connectivity index (χ2v) is 4.49. The van der Waals surface area contributed by atoms with Crippen LogP contribution in [0.25, 0.3) is 0 Å². The van der Waals surface area contributed by atoms with Crippen molar-refractivity contribution in [2.75, 3.05) is 39.8 Å². The number of nitrogens with zero attached hydrogens (tertiary/aromatic N) is 3. The number of amides is 1. The van der Waals surface area contributed by atoms with Gasteiger partial charge >= 0.3 is 0 Å². The molecule has 1 aliphatic rings. The van der Waals surface area contributed by atoms with Crippen molar-refractivity contribution in [3.8, 4) is 6.07 Å². The molecule has 0 aromatic carbocycles. The molecule has 0 radical (unpaired) electrons. The third-order valence-electron chi connectivity index (χ3n) is 2.88. The van der Waals surface area contributed by atoms with Crippen molar-refractivity contribution < 1.29 is 9.53 Å². The smallest absolute Gasteiger partial charge is 0.236 e. The summed E-state index contributed by atoms with van der Waals surface area (Å²) >= 11 is 0. The molecule has 17 heavy (non-hydrogen) atoms. The molecule has 0 saturated carbocycles. The van der Waals surface area contributed by atoms with Gasteiger partial charge in [0.15, 0.2) is 0 Å². The molecule has 1 amide bonds. The van der Waals surface area contributed by atoms with Gasteiger partial charge in [-0.2, -0.15) is 5.26 Å². The summed E-state index contributed by atoms with van der Waals surface area (Å²) in [5.41, 5.74) is 0. The van der Waals surface area contributed by atoms with Crippen LogP contribution in [0, 0.1) is 11.3 Å². The van der Waals surface area contributed by atoms with Gasteiger partial charge in [0.2, 0.25) is 5.91 Å². The lowest BCUT2D eigenvalue weighted by atomic mass is 10.3. The van der Waals surface area contributed by atoms with E-state index < -0.39 is 0 Å². The van der Waals surface area contributed by atoms with E-state index in [1.807, 2.05) is 13.0 Å². The minimum absolute atomic E-state index is 0.0781. The number of carbonyl (C=O) groups is 1. The lowest BCUT2D eigenvalue weighted by Gasteiger charge is -2.24. The summed E-state index contributed by atoms with van der Waals surface area (Å²) in [4.78, 5) is 15.6. The fraction of sp³-hybridized carbons (Fsp3) is 0.833. The zero-order valence-electron chi connectivity index (χ0n) is 10.7. The van der Waals surface area contributed by atoms with Crippen molar-refractivity contribution in [1.82, 2.24) is 9.80 Å². The number of rotatable bonds is 4. The predicted octanol–water partition coefficient (Wildman–Crippen LogP) is 0.469. The zero-order valence-corrected chi connectivity index (χ0v) is 10.7. The molecule has 0 spiro atoms. The maximum Gasteiger partial charge on any atom is 0.236 e. The monoisotopic (exact) mass is 239 g/mol. The molecule has 1 atom stereocenters. The SMILES string of the molecule is CC1CN(CC(=O)N(C)CCC#N)CCCO1. The van der Waals surface area contributed by atoms with E-state index in [2.05, 4.69) is 4.90 Å². The molecule has 96 valence electrons. The average Bonchev–Trinajstić information content (AvgIpc) is 2.50. The highest BCUT2D eigenvalue weighted by Crippen LogP contribution is 2.05. The average molecular weight is 239 g/mol. The maximum atomic E-state index is 11.9. The minimum Gasteiger partial charge on any atom is -0.377 e. The Labute approximate surface area is 103 Å². The van der Waals surface area contributed by atoms with Gasteiger partial charge in [0.1, 0.15) is 0 Å². The van der Waals surface area contributed by atoms with Gasteiger partial charge in [0.05, 0.1) is 25.1 Å². The number of ether oxygens (including phenoxy) is 1. The summed E-state index contributed by atoms with van der Waals surface area (Å²) in [5, 5.41) is 8.48. The third kappa shape index (κ3) is 5.16. The van der Waals surface area contributed by atoms with Crippen molar-refractivity contribution in [2.45, 2.75) is 25.9 Å². The minimum atomic E-state index is 0.0781. The van der Waals surface area contributed by atoms with Crippen LogP contribution in [-0.2, 0) is 9.53 Å². The number of hydrogen-bond acceptors (Lipinski definition) is 4. The Hall–Kier alpha value is -1.12. The molecule has 0 aromatic heterocycles. The second-order valence-electron chi connectivity index (χ2n) is 4.49. The van der Waals surface area contributed by atoms with Crippen LogP contribution in [-0.4, -0.2) is 61.6 Å². The Morgan fingerprint density at radius 3 is 3.12 bits per heavy atom. The molecule has 1 aliphatic heterocycles. The Morgan fingerprint density at radius 2 is 2.41 bits per heavy atom. The number of carbonyl (C=O) groups excluding carboxylic acids is 1. The first-order valence-electron chi connectivity index (χ1n) is 6.08. The number of nitriles is 1. The summed E-state index contributed by atoms with van der Waals surface area (Å²) in [6, 6.07) is 2.05. The molecule has 1 saturated heterocycles. The second kappa shape index (κ2) is 7.25. The number of hydrogen-bond donors (Lipinski definition) is 0. The maximum absolute atomic E-state index is 11.9. The molecule has 0 aliphatic carbocycles. The van der Waals surface area contributed by atoms with Gasteiger partial charge < -0.3 is 9.64 Å². The van der Waals surface area contributed by atoms with Gasteiger partial charge in [-0.15, -0.1) is 0 Å². The molecule has 0 aromatic rings. The molecular formula is C12H21N3O2. The van der Waals surface area contributed by atoms with Crippen LogP contribution < -0.4 is 0 Å². The van der Waals surface area contributed by atoms with E-state index >= 15 is 0 Å². The zero-order chi connectivity index (χ0) is 12.7. The fourth-order valence-electron chi connectivity index (χ4n) is 1.88. The first kappa shape index (κ1) is 13.9. The number of likely N-dealkylation sites (N-methyl/N-ethyl adjacent to an activating group) is 1. The lowest BCUT2D eigenvalue weighted by molar-refractivity contribution is -0.131. The van der Waals surface area contributed by atoms with Crippen molar-refractivity contribution in [3.63, 3.8) is 0 Å². The van der Waals surface area contributed by atoms with Crippen molar-refractivity contribution >= 4 is 5.91 Å². The summed E-state index contributed by atoms with van der Waals surface area (Å²) in [7, 11) is 1.75. The summed E-state index contributed by atoms with van der Waals surface area (Å²) in [6.45, 7) is 5.45. The highest BCUT2D eigenvalue weighted by molar-refractivity contribution is 5.78. The molecule has 1 unspecified atom stereocenters. The molecule has 1 heterocycles. The predicted molar refractivity (Wildman–Crippen MR) is 64.3 cm³/mol. The van der Waals surface area contributed by atoms with Crippen LogP contribution in [0.2, 0.25) is 0 Å². The van der Waals surface area contributed by atoms with Crippen LogP contribution in [0.15, 0.2) is 0 Å². The Morgan fingerprint density at radius 1 is 1.65 bits per heavy atom. The third-order valence-corrected chi connectivity index (χ3v) is 2.88. The van der Waals surface area contributed by atoms with Gasteiger partial charge in [-0.05, 0) is 13.3 Å². The summed E-state index contributed by atoms with van der Waals surface area (Å²) in [5.74, 6) is 0.0781. The highest BCUT2D eigenvalue weighted by atomic mass is 16.5. The molecule has 0 N–H and O–H groups in total. The first-order valence-corrected chi connectivity index (χ1v) is 6.08. The van der Waals surface area contributed by atoms with E-state index in [0.29, 0.717) is 19.5 Å². The van der Waals surface area contributed by atoms with Crippen molar-refractivity contribution in [1.29, 1.82) is 5.26 Å². The Kier molecular flexibility index (Phi) is 5.95. The molecule has 0 bridgehead atoms. The first-order chi connectivity index (χ1) is 8.13. The normalized spacial score (nSPS) is 21.6. The topological polar surface area (TPSA) is 56.6 Å². The van der Waals surface area contributed by atoms with Crippen LogP contribution >= 0.6 is 0 Å². The van der Waals surface area contributed by atoms with E-state index in [1.54, 1.807) is 11.9 Å². The van der Waals surface area contributed by atoms with E-state index in [0.717, 1.165) is 26.1 Å².